The molecule has 0 aliphatic rings. The molecule has 0 radical (unpaired) electrons. The first-order valence-electron chi connectivity index (χ1n) is 6.13. The van der Waals surface area contributed by atoms with Gasteiger partial charge in [-0.15, -0.1) is 0 Å². The van der Waals surface area contributed by atoms with Crippen LogP contribution in [-0.4, -0.2) is 35.2 Å². The smallest absolute Gasteiger partial charge is 0.175 e. The molecule has 0 heterocycles. The van der Waals surface area contributed by atoms with E-state index in [1.807, 2.05) is 24.3 Å². The summed E-state index contributed by atoms with van der Waals surface area (Å²) in [6.45, 7) is 2.55. The summed E-state index contributed by atoms with van der Waals surface area (Å²) in [7, 11) is 0.427. The second kappa shape index (κ2) is 8.16. The third-order valence-electron chi connectivity index (χ3n) is 2.62. The number of carbonyl (C=O) groups is 1. The molecular formula is C14H20O3S. The van der Waals surface area contributed by atoms with Gasteiger partial charge in [0.15, 0.2) is 5.78 Å². The maximum absolute atomic E-state index is 11.9. The molecule has 0 aromatic heterocycles. The van der Waals surface area contributed by atoms with Crippen molar-refractivity contribution in [3.05, 3.63) is 35.4 Å². The molecule has 1 atom stereocenters. The number of aryl methyl sites for hydroxylation is 1. The Morgan fingerprint density at radius 3 is 2.50 bits per heavy atom. The van der Waals surface area contributed by atoms with Gasteiger partial charge in [-0.1, -0.05) is 37.6 Å². The average Bonchev–Trinajstić information content (AvgIpc) is 2.37. The van der Waals surface area contributed by atoms with Crippen LogP contribution in [0.4, 0.5) is 0 Å². The summed E-state index contributed by atoms with van der Waals surface area (Å²) >= 11 is 0. The molecular weight excluding hydrogens is 248 g/mol. The molecule has 0 saturated carbocycles. The number of hydrogen-bond donors (Lipinski definition) is 0. The van der Waals surface area contributed by atoms with E-state index < -0.39 is 10.8 Å². The van der Waals surface area contributed by atoms with Gasteiger partial charge in [-0.2, -0.15) is 0 Å². The maximum atomic E-state index is 11.9. The van der Waals surface area contributed by atoms with Crippen molar-refractivity contribution in [2.75, 3.05) is 25.2 Å². The lowest BCUT2D eigenvalue weighted by Crippen LogP contribution is -2.15. The molecule has 0 aliphatic heterocycles. The number of ketones is 1. The number of benzene rings is 1. The maximum Gasteiger partial charge on any atom is 0.175 e. The van der Waals surface area contributed by atoms with Crippen molar-refractivity contribution in [3.8, 4) is 0 Å². The molecule has 18 heavy (non-hydrogen) atoms. The molecule has 0 fully saturated rings. The third kappa shape index (κ3) is 5.10. The normalized spacial score (nSPS) is 12.3. The van der Waals surface area contributed by atoms with Gasteiger partial charge in [-0.05, 0) is 12.0 Å². The Labute approximate surface area is 111 Å². The van der Waals surface area contributed by atoms with Crippen LogP contribution in [0.25, 0.3) is 0 Å². The Hall–Kier alpha value is -1.00. The van der Waals surface area contributed by atoms with Crippen LogP contribution in [0.1, 0.15) is 29.3 Å². The summed E-state index contributed by atoms with van der Waals surface area (Å²) in [5.41, 5.74) is 1.87. The van der Waals surface area contributed by atoms with Crippen LogP contribution < -0.4 is 0 Å². The number of ether oxygens (including phenoxy) is 1. The van der Waals surface area contributed by atoms with Crippen molar-refractivity contribution in [1.82, 2.24) is 0 Å². The summed E-state index contributed by atoms with van der Waals surface area (Å²) in [4.78, 5) is 11.9. The molecule has 4 heteroatoms. The fraction of sp³-hybridized carbons (Fsp3) is 0.500. The van der Waals surface area contributed by atoms with E-state index in [2.05, 4.69) is 6.92 Å². The predicted octanol–water partition coefficient (Wildman–Crippen LogP) is 2.22. The van der Waals surface area contributed by atoms with E-state index in [4.69, 9.17) is 4.74 Å². The monoisotopic (exact) mass is 268 g/mol. The molecule has 0 aliphatic carbocycles. The van der Waals surface area contributed by atoms with Gasteiger partial charge in [0, 0.05) is 29.2 Å². The highest BCUT2D eigenvalue weighted by Crippen LogP contribution is 2.08. The highest BCUT2D eigenvalue weighted by molar-refractivity contribution is 7.85. The van der Waals surface area contributed by atoms with Gasteiger partial charge in [0.2, 0.25) is 0 Å². The Kier molecular flexibility index (Phi) is 6.83. The van der Waals surface area contributed by atoms with Gasteiger partial charge in [0.1, 0.15) is 0 Å². The van der Waals surface area contributed by atoms with Crippen LogP contribution in [0.2, 0.25) is 0 Å². The summed E-state index contributed by atoms with van der Waals surface area (Å²) < 4.78 is 16.4. The lowest BCUT2D eigenvalue weighted by molar-refractivity contribution is 0.102. The van der Waals surface area contributed by atoms with Crippen LogP contribution in [-0.2, 0) is 22.0 Å². The second-order valence-corrected chi connectivity index (χ2v) is 5.73. The minimum atomic E-state index is -1.13. The zero-order valence-corrected chi connectivity index (χ0v) is 11.8. The quantitative estimate of drug-likeness (QED) is 0.679. The predicted molar refractivity (Wildman–Crippen MR) is 74.5 cm³/mol. The fourth-order valence-electron chi connectivity index (χ4n) is 1.62. The van der Waals surface area contributed by atoms with Crippen molar-refractivity contribution in [2.24, 2.45) is 0 Å². The number of Topliss-reactive ketones (excluding diaryl/α,β-unsaturated/α-hetero) is 1. The van der Waals surface area contributed by atoms with Crippen molar-refractivity contribution in [1.29, 1.82) is 0 Å². The number of rotatable bonds is 8. The lowest BCUT2D eigenvalue weighted by atomic mass is 10.1. The van der Waals surface area contributed by atoms with Crippen LogP contribution in [0.3, 0.4) is 0 Å². The molecule has 1 aromatic carbocycles. The van der Waals surface area contributed by atoms with Crippen LogP contribution in [0, 0.1) is 0 Å². The molecule has 0 amide bonds. The fourth-order valence-corrected chi connectivity index (χ4v) is 2.58. The van der Waals surface area contributed by atoms with Crippen LogP contribution >= 0.6 is 0 Å². The van der Waals surface area contributed by atoms with Gasteiger partial charge in [-0.3, -0.25) is 9.00 Å². The molecule has 1 aromatic rings. The van der Waals surface area contributed by atoms with E-state index in [0.717, 1.165) is 12.8 Å². The van der Waals surface area contributed by atoms with Gasteiger partial charge in [0.25, 0.3) is 0 Å². The van der Waals surface area contributed by atoms with Gasteiger partial charge in [-0.25, -0.2) is 0 Å². The number of hydrogen-bond acceptors (Lipinski definition) is 3. The first kappa shape index (κ1) is 15.1. The van der Waals surface area contributed by atoms with Gasteiger partial charge >= 0.3 is 0 Å². The molecule has 3 nitrogen and oxygen atoms in total. The standard InChI is InChI=1S/C14H20O3S/c1-3-4-12-5-7-13(8-6-12)14(15)11-18(16)10-9-17-2/h5-8H,3-4,9-11H2,1-2H3. The summed E-state index contributed by atoms with van der Waals surface area (Å²) in [6.07, 6.45) is 2.11. The Morgan fingerprint density at radius 2 is 1.94 bits per heavy atom. The Bertz CT molecular complexity index is 398. The van der Waals surface area contributed by atoms with E-state index >= 15 is 0 Å². The minimum absolute atomic E-state index is 0.0625. The molecule has 1 unspecified atom stereocenters. The topological polar surface area (TPSA) is 43.4 Å². The zero-order chi connectivity index (χ0) is 13.4. The van der Waals surface area contributed by atoms with Crippen molar-refractivity contribution in [3.63, 3.8) is 0 Å². The van der Waals surface area contributed by atoms with Gasteiger partial charge in [0.05, 0.1) is 12.4 Å². The van der Waals surface area contributed by atoms with E-state index in [0.29, 0.717) is 17.9 Å². The summed E-state index contributed by atoms with van der Waals surface area (Å²) in [6, 6.07) is 7.57. The van der Waals surface area contributed by atoms with Gasteiger partial charge < -0.3 is 4.74 Å². The highest BCUT2D eigenvalue weighted by Gasteiger charge is 2.10. The van der Waals surface area contributed by atoms with Crippen LogP contribution in [0.5, 0.6) is 0 Å². The SMILES string of the molecule is CCCc1ccc(C(=O)CS(=O)CCOC)cc1. The molecule has 1 rings (SSSR count). The van der Waals surface area contributed by atoms with Crippen molar-refractivity contribution in [2.45, 2.75) is 19.8 Å². The van der Waals surface area contributed by atoms with E-state index in [1.165, 1.54) is 5.56 Å². The van der Waals surface area contributed by atoms with E-state index in [9.17, 15) is 9.00 Å². The Morgan fingerprint density at radius 1 is 1.28 bits per heavy atom. The number of carbonyl (C=O) groups excluding carboxylic acids is 1. The molecule has 0 spiro atoms. The molecule has 0 N–H and O–H groups in total. The average molecular weight is 268 g/mol. The van der Waals surface area contributed by atoms with E-state index in [1.54, 1.807) is 7.11 Å². The first-order chi connectivity index (χ1) is 8.67. The lowest BCUT2D eigenvalue weighted by Gasteiger charge is -2.03. The number of methoxy groups -OCH3 is 1. The van der Waals surface area contributed by atoms with Crippen molar-refractivity contribution >= 4 is 16.6 Å². The zero-order valence-electron chi connectivity index (χ0n) is 11.0. The van der Waals surface area contributed by atoms with Crippen LogP contribution in [0.15, 0.2) is 24.3 Å². The summed E-state index contributed by atoms with van der Waals surface area (Å²) in [5, 5.41) is 0. The second-order valence-electron chi connectivity index (χ2n) is 4.15. The third-order valence-corrected chi connectivity index (χ3v) is 3.83. The highest BCUT2D eigenvalue weighted by atomic mass is 32.2. The molecule has 100 valence electrons. The molecule has 0 saturated heterocycles. The first-order valence-corrected chi connectivity index (χ1v) is 7.62. The minimum Gasteiger partial charge on any atom is -0.384 e. The molecule has 0 bridgehead atoms. The largest absolute Gasteiger partial charge is 0.384 e. The van der Waals surface area contributed by atoms with E-state index in [-0.39, 0.29) is 11.5 Å². The summed E-state index contributed by atoms with van der Waals surface area (Å²) in [5.74, 6) is 0.430. The Balaban J connectivity index is 2.53. The van der Waals surface area contributed by atoms with Crippen molar-refractivity contribution < 1.29 is 13.7 Å².